The van der Waals surface area contributed by atoms with Crippen molar-refractivity contribution in [2.24, 2.45) is 5.41 Å². The summed E-state index contributed by atoms with van der Waals surface area (Å²) in [5.74, 6) is 0.571. The average molecular weight is 305 g/mol. The fourth-order valence-electron chi connectivity index (χ4n) is 2.82. The molecule has 0 aromatic heterocycles. The van der Waals surface area contributed by atoms with Crippen LogP contribution in [0.4, 0.5) is 0 Å². The zero-order valence-corrected chi connectivity index (χ0v) is 14.9. The lowest BCUT2D eigenvalue weighted by atomic mass is 9.72. The summed E-state index contributed by atoms with van der Waals surface area (Å²) in [6.45, 7) is 11.2. The van der Waals surface area contributed by atoms with Crippen molar-refractivity contribution < 1.29 is 0 Å². The lowest BCUT2D eigenvalue weighted by Gasteiger charge is -2.32. The van der Waals surface area contributed by atoms with Gasteiger partial charge in [0.05, 0.1) is 0 Å². The minimum Gasteiger partial charge on any atom is -0.122 e. The summed E-state index contributed by atoms with van der Waals surface area (Å²) in [5.41, 5.74) is 5.85. The standard InChI is InChI=1S/C20H29Cl/c1-16(8-6-9-17(2)13-15-21)11-12-19-18(3)10-7-14-20(19,4)5/h6,8-9,11-13H,7,10,14-15H2,1-5H3/b9-6+,12-11+,16-8-,17-13+. The lowest BCUT2D eigenvalue weighted by Crippen LogP contribution is -2.19. The maximum Gasteiger partial charge on any atom is 0.0409 e. The van der Waals surface area contributed by atoms with Crippen molar-refractivity contribution in [1.29, 1.82) is 0 Å². The Morgan fingerprint density at radius 2 is 1.90 bits per heavy atom. The molecule has 1 aliphatic rings. The Labute approximate surface area is 136 Å². The summed E-state index contributed by atoms with van der Waals surface area (Å²) in [4.78, 5) is 0. The summed E-state index contributed by atoms with van der Waals surface area (Å²) in [6.07, 6.45) is 16.7. The first-order valence-electron chi connectivity index (χ1n) is 7.83. The van der Waals surface area contributed by atoms with E-state index in [0.717, 1.165) is 0 Å². The van der Waals surface area contributed by atoms with E-state index in [1.54, 1.807) is 5.57 Å². The minimum atomic E-state index is 0.314. The normalized spacial score (nSPS) is 20.9. The molecule has 0 unspecified atom stereocenters. The van der Waals surface area contributed by atoms with Crippen LogP contribution in [0.25, 0.3) is 0 Å². The number of hydrogen-bond acceptors (Lipinski definition) is 0. The third-order valence-corrected chi connectivity index (χ3v) is 4.33. The average Bonchev–Trinajstić information content (AvgIpc) is 2.37. The molecule has 0 spiro atoms. The molecule has 0 aromatic rings. The van der Waals surface area contributed by atoms with Gasteiger partial charge in [-0.05, 0) is 51.0 Å². The van der Waals surface area contributed by atoms with Crippen LogP contribution in [0.15, 0.2) is 58.7 Å². The first-order valence-corrected chi connectivity index (χ1v) is 8.36. The molecule has 0 nitrogen and oxygen atoms in total. The third kappa shape index (κ3) is 6.09. The molecule has 0 fully saturated rings. The van der Waals surface area contributed by atoms with E-state index >= 15 is 0 Å². The van der Waals surface area contributed by atoms with E-state index in [4.69, 9.17) is 11.6 Å². The van der Waals surface area contributed by atoms with Gasteiger partial charge in [0.2, 0.25) is 0 Å². The van der Waals surface area contributed by atoms with E-state index in [1.165, 1.54) is 36.0 Å². The molecule has 21 heavy (non-hydrogen) atoms. The van der Waals surface area contributed by atoms with Crippen LogP contribution in [0.1, 0.15) is 53.9 Å². The number of allylic oxidation sites excluding steroid dienone is 10. The number of rotatable bonds is 5. The number of halogens is 1. The zero-order valence-electron chi connectivity index (χ0n) is 14.2. The smallest absolute Gasteiger partial charge is 0.0409 e. The molecular weight excluding hydrogens is 276 g/mol. The Kier molecular flexibility index (Phi) is 7.25. The monoisotopic (exact) mass is 304 g/mol. The third-order valence-electron chi connectivity index (χ3n) is 4.17. The maximum absolute atomic E-state index is 5.67. The quantitative estimate of drug-likeness (QED) is 0.389. The van der Waals surface area contributed by atoms with E-state index in [1.807, 2.05) is 6.08 Å². The predicted octanol–water partition coefficient (Wildman–Crippen LogP) is 6.76. The molecule has 0 N–H and O–H groups in total. The van der Waals surface area contributed by atoms with Gasteiger partial charge in [-0.3, -0.25) is 0 Å². The van der Waals surface area contributed by atoms with E-state index in [9.17, 15) is 0 Å². The molecule has 0 saturated carbocycles. The topological polar surface area (TPSA) is 0 Å². The molecule has 0 atom stereocenters. The van der Waals surface area contributed by atoms with Gasteiger partial charge >= 0.3 is 0 Å². The van der Waals surface area contributed by atoms with Gasteiger partial charge in [-0.2, -0.15) is 0 Å². The van der Waals surface area contributed by atoms with Crippen molar-refractivity contribution in [1.82, 2.24) is 0 Å². The molecule has 1 aliphatic carbocycles. The molecular formula is C20H29Cl. The van der Waals surface area contributed by atoms with Gasteiger partial charge in [-0.15, -0.1) is 11.6 Å². The van der Waals surface area contributed by atoms with Crippen molar-refractivity contribution in [3.63, 3.8) is 0 Å². The Morgan fingerprint density at radius 1 is 1.19 bits per heavy atom. The van der Waals surface area contributed by atoms with Crippen molar-refractivity contribution in [2.45, 2.75) is 53.9 Å². The molecule has 0 bridgehead atoms. The van der Waals surface area contributed by atoms with Crippen LogP contribution in [-0.2, 0) is 0 Å². The summed E-state index contributed by atoms with van der Waals surface area (Å²) in [5, 5.41) is 0. The van der Waals surface area contributed by atoms with Crippen LogP contribution in [0.2, 0.25) is 0 Å². The highest BCUT2D eigenvalue weighted by Gasteiger charge is 2.26. The van der Waals surface area contributed by atoms with Gasteiger partial charge in [0.15, 0.2) is 0 Å². The highest BCUT2D eigenvalue weighted by atomic mass is 35.5. The molecule has 0 amide bonds. The van der Waals surface area contributed by atoms with Crippen LogP contribution in [-0.4, -0.2) is 5.88 Å². The van der Waals surface area contributed by atoms with E-state index in [0.29, 0.717) is 11.3 Å². The molecule has 1 rings (SSSR count). The molecule has 1 heteroatoms. The highest BCUT2D eigenvalue weighted by molar-refractivity contribution is 6.18. The Hall–Kier alpha value is -1.01. The second kappa shape index (κ2) is 8.44. The van der Waals surface area contributed by atoms with Crippen LogP contribution in [0.5, 0.6) is 0 Å². The van der Waals surface area contributed by atoms with Crippen LogP contribution >= 0.6 is 11.6 Å². The van der Waals surface area contributed by atoms with Gasteiger partial charge in [0.1, 0.15) is 0 Å². The molecule has 0 aliphatic heterocycles. The second-order valence-corrected chi connectivity index (χ2v) is 6.95. The van der Waals surface area contributed by atoms with Crippen molar-refractivity contribution in [3.05, 3.63) is 58.7 Å². The molecule has 0 heterocycles. The lowest BCUT2D eigenvalue weighted by molar-refractivity contribution is 0.377. The highest BCUT2D eigenvalue weighted by Crippen LogP contribution is 2.40. The van der Waals surface area contributed by atoms with Crippen molar-refractivity contribution in [2.75, 3.05) is 5.88 Å². The van der Waals surface area contributed by atoms with Gasteiger partial charge in [0.25, 0.3) is 0 Å². The summed E-state index contributed by atoms with van der Waals surface area (Å²) in [6, 6.07) is 0. The summed E-state index contributed by atoms with van der Waals surface area (Å²) in [7, 11) is 0. The SMILES string of the molecule is CC1=C(/C=C/C(C)=C\C=C\C(C)=C\CCl)C(C)(C)CCC1. The number of hydrogen-bond donors (Lipinski definition) is 0. The van der Waals surface area contributed by atoms with E-state index in [-0.39, 0.29) is 0 Å². The predicted molar refractivity (Wildman–Crippen MR) is 96.8 cm³/mol. The fourth-order valence-corrected chi connectivity index (χ4v) is 3.07. The molecule has 0 radical (unpaired) electrons. The van der Waals surface area contributed by atoms with Crippen LogP contribution < -0.4 is 0 Å². The Bertz CT molecular complexity index is 496. The van der Waals surface area contributed by atoms with E-state index < -0.39 is 0 Å². The van der Waals surface area contributed by atoms with E-state index in [2.05, 4.69) is 65.0 Å². The molecule has 116 valence electrons. The van der Waals surface area contributed by atoms with Crippen LogP contribution in [0.3, 0.4) is 0 Å². The summed E-state index contributed by atoms with van der Waals surface area (Å²) < 4.78 is 0. The Balaban J connectivity index is 2.78. The van der Waals surface area contributed by atoms with Crippen LogP contribution in [0, 0.1) is 5.41 Å². The first-order chi connectivity index (χ1) is 9.86. The minimum absolute atomic E-state index is 0.314. The molecule has 0 saturated heterocycles. The van der Waals surface area contributed by atoms with Gasteiger partial charge in [-0.25, -0.2) is 0 Å². The van der Waals surface area contributed by atoms with Gasteiger partial charge in [0, 0.05) is 5.88 Å². The number of alkyl halides is 1. The summed E-state index contributed by atoms with van der Waals surface area (Å²) >= 11 is 5.67. The second-order valence-electron chi connectivity index (χ2n) is 6.64. The maximum atomic E-state index is 5.67. The fraction of sp³-hybridized carbons (Fsp3) is 0.500. The van der Waals surface area contributed by atoms with Crippen molar-refractivity contribution >= 4 is 11.6 Å². The Morgan fingerprint density at radius 3 is 2.52 bits per heavy atom. The van der Waals surface area contributed by atoms with Gasteiger partial charge in [-0.1, -0.05) is 67.0 Å². The zero-order chi connectivity index (χ0) is 15.9. The molecule has 0 aromatic carbocycles. The van der Waals surface area contributed by atoms with Gasteiger partial charge < -0.3 is 0 Å². The van der Waals surface area contributed by atoms with Crippen molar-refractivity contribution in [3.8, 4) is 0 Å². The first kappa shape index (κ1) is 18.0. The largest absolute Gasteiger partial charge is 0.122 e.